The van der Waals surface area contributed by atoms with Gasteiger partial charge in [0.2, 0.25) is 5.91 Å². The van der Waals surface area contributed by atoms with Crippen LogP contribution in [0.1, 0.15) is 50.7 Å². The molecular weight excluding hydrogens is 248 g/mol. The number of amides is 1. The van der Waals surface area contributed by atoms with Crippen LogP contribution in [0.2, 0.25) is 0 Å². The van der Waals surface area contributed by atoms with Crippen LogP contribution in [0, 0.1) is 0 Å². The number of benzene rings is 1. The topological polar surface area (TPSA) is 41.1 Å². The molecule has 1 unspecified atom stereocenters. The van der Waals surface area contributed by atoms with Crippen molar-refractivity contribution in [3.8, 4) is 0 Å². The Labute approximate surface area is 122 Å². The summed E-state index contributed by atoms with van der Waals surface area (Å²) in [7, 11) is 0. The number of hydrogen-bond acceptors (Lipinski definition) is 2. The van der Waals surface area contributed by atoms with Crippen molar-refractivity contribution in [1.29, 1.82) is 0 Å². The minimum absolute atomic E-state index is 0.0848. The maximum atomic E-state index is 12.0. The van der Waals surface area contributed by atoms with Crippen molar-refractivity contribution in [2.45, 2.75) is 58.4 Å². The van der Waals surface area contributed by atoms with Gasteiger partial charge in [0.05, 0.1) is 0 Å². The molecule has 110 valence electrons. The highest BCUT2D eigenvalue weighted by atomic mass is 16.2. The number of rotatable bonds is 7. The van der Waals surface area contributed by atoms with Gasteiger partial charge in [0.1, 0.15) is 6.04 Å². The summed E-state index contributed by atoms with van der Waals surface area (Å²) in [4.78, 5) is 12.0. The normalized spacial score (nSPS) is 14.7. The summed E-state index contributed by atoms with van der Waals surface area (Å²) in [5.74, 6) is 0.0848. The highest BCUT2D eigenvalue weighted by Gasteiger charge is 2.14. The van der Waals surface area contributed by atoms with Crippen LogP contribution in [0.15, 0.2) is 18.2 Å². The van der Waals surface area contributed by atoms with Gasteiger partial charge in [-0.1, -0.05) is 25.8 Å². The Balaban J connectivity index is 1.81. The summed E-state index contributed by atoms with van der Waals surface area (Å²) in [6.45, 7) is 4.87. The number of unbranched alkanes of at least 4 members (excludes halogenated alkanes) is 2. The van der Waals surface area contributed by atoms with Crippen molar-refractivity contribution in [3.05, 3.63) is 29.3 Å². The van der Waals surface area contributed by atoms with Crippen molar-refractivity contribution in [2.24, 2.45) is 0 Å². The van der Waals surface area contributed by atoms with Crippen LogP contribution >= 0.6 is 0 Å². The van der Waals surface area contributed by atoms with E-state index < -0.39 is 0 Å². The molecule has 0 spiro atoms. The van der Waals surface area contributed by atoms with Crippen LogP contribution in [-0.4, -0.2) is 18.5 Å². The fourth-order valence-corrected chi connectivity index (χ4v) is 2.72. The molecule has 3 nitrogen and oxygen atoms in total. The van der Waals surface area contributed by atoms with Crippen LogP contribution in [-0.2, 0) is 17.6 Å². The first-order chi connectivity index (χ1) is 9.70. The minimum Gasteiger partial charge on any atom is -0.374 e. The van der Waals surface area contributed by atoms with Crippen LogP contribution < -0.4 is 10.6 Å². The fraction of sp³-hybridized carbons (Fsp3) is 0.588. The summed E-state index contributed by atoms with van der Waals surface area (Å²) in [6.07, 6.45) is 7.04. The molecule has 1 atom stereocenters. The lowest BCUT2D eigenvalue weighted by molar-refractivity contribution is -0.121. The summed E-state index contributed by atoms with van der Waals surface area (Å²) < 4.78 is 0. The molecule has 0 saturated carbocycles. The SMILES string of the molecule is CCCCCNC(=O)C(C)Nc1ccc2c(c1)CCC2. The quantitative estimate of drug-likeness (QED) is 0.749. The third kappa shape index (κ3) is 3.99. The second-order valence-electron chi connectivity index (χ2n) is 5.70. The van der Waals surface area contributed by atoms with Crippen LogP contribution in [0.5, 0.6) is 0 Å². The molecule has 1 aliphatic rings. The lowest BCUT2D eigenvalue weighted by atomic mass is 10.1. The van der Waals surface area contributed by atoms with Gasteiger partial charge in [-0.25, -0.2) is 0 Å². The molecule has 0 aliphatic heterocycles. The van der Waals surface area contributed by atoms with Gasteiger partial charge in [-0.05, 0) is 55.9 Å². The number of hydrogen-bond donors (Lipinski definition) is 2. The summed E-state index contributed by atoms with van der Waals surface area (Å²) in [6, 6.07) is 6.29. The average Bonchev–Trinajstić information content (AvgIpc) is 2.90. The largest absolute Gasteiger partial charge is 0.374 e. The maximum absolute atomic E-state index is 12.0. The molecule has 1 amide bonds. The van der Waals surface area contributed by atoms with Gasteiger partial charge in [0.25, 0.3) is 0 Å². The van der Waals surface area contributed by atoms with E-state index in [-0.39, 0.29) is 11.9 Å². The molecule has 2 rings (SSSR count). The lowest BCUT2D eigenvalue weighted by Crippen LogP contribution is -2.38. The first kappa shape index (κ1) is 14.9. The Hall–Kier alpha value is -1.51. The zero-order valence-corrected chi connectivity index (χ0v) is 12.7. The molecule has 0 radical (unpaired) electrons. The number of carbonyl (C=O) groups excluding carboxylic acids is 1. The number of nitrogens with one attached hydrogen (secondary N) is 2. The molecule has 1 aromatic carbocycles. The van der Waals surface area contributed by atoms with Crippen LogP contribution in [0.25, 0.3) is 0 Å². The van der Waals surface area contributed by atoms with E-state index in [4.69, 9.17) is 0 Å². The highest BCUT2D eigenvalue weighted by molar-refractivity contribution is 5.84. The molecule has 0 saturated heterocycles. The molecule has 0 fully saturated rings. The standard InChI is InChI=1S/C17H26N2O/c1-3-4-5-11-18-17(20)13(2)19-16-10-9-14-7-6-8-15(14)12-16/h9-10,12-13,19H,3-8,11H2,1-2H3,(H,18,20). The van der Waals surface area contributed by atoms with Crippen molar-refractivity contribution in [2.75, 3.05) is 11.9 Å². The van der Waals surface area contributed by atoms with E-state index in [0.29, 0.717) is 0 Å². The van der Waals surface area contributed by atoms with E-state index in [2.05, 4.69) is 35.8 Å². The van der Waals surface area contributed by atoms with E-state index in [1.54, 1.807) is 0 Å². The smallest absolute Gasteiger partial charge is 0.242 e. The molecular formula is C17H26N2O. The Kier molecular flexibility index (Phi) is 5.45. The third-order valence-corrected chi connectivity index (χ3v) is 3.95. The van der Waals surface area contributed by atoms with E-state index >= 15 is 0 Å². The third-order valence-electron chi connectivity index (χ3n) is 3.95. The lowest BCUT2D eigenvalue weighted by Gasteiger charge is -2.16. The first-order valence-corrected chi connectivity index (χ1v) is 7.86. The summed E-state index contributed by atoms with van der Waals surface area (Å²) in [5.41, 5.74) is 3.96. The number of aryl methyl sites for hydroxylation is 2. The zero-order valence-electron chi connectivity index (χ0n) is 12.7. The number of carbonyl (C=O) groups is 1. The number of fused-ring (bicyclic) bond motifs is 1. The fourth-order valence-electron chi connectivity index (χ4n) is 2.72. The average molecular weight is 274 g/mol. The molecule has 1 aromatic rings. The molecule has 0 bridgehead atoms. The summed E-state index contributed by atoms with van der Waals surface area (Å²) >= 11 is 0. The van der Waals surface area contributed by atoms with Gasteiger partial charge in [-0.2, -0.15) is 0 Å². The first-order valence-electron chi connectivity index (χ1n) is 7.86. The zero-order chi connectivity index (χ0) is 14.4. The highest BCUT2D eigenvalue weighted by Crippen LogP contribution is 2.25. The van der Waals surface area contributed by atoms with E-state index in [1.165, 1.54) is 43.2 Å². The van der Waals surface area contributed by atoms with E-state index in [1.807, 2.05) is 6.92 Å². The van der Waals surface area contributed by atoms with Gasteiger partial charge < -0.3 is 10.6 Å². The second kappa shape index (κ2) is 7.32. The molecule has 2 N–H and O–H groups in total. The Morgan fingerprint density at radius 3 is 2.85 bits per heavy atom. The van der Waals surface area contributed by atoms with Crippen molar-refractivity contribution < 1.29 is 4.79 Å². The predicted molar refractivity (Wildman–Crippen MR) is 84.1 cm³/mol. The van der Waals surface area contributed by atoms with Crippen LogP contribution in [0.3, 0.4) is 0 Å². The van der Waals surface area contributed by atoms with Gasteiger partial charge in [0, 0.05) is 12.2 Å². The van der Waals surface area contributed by atoms with Crippen molar-refractivity contribution in [3.63, 3.8) is 0 Å². The molecule has 3 heteroatoms. The Morgan fingerprint density at radius 2 is 2.05 bits per heavy atom. The predicted octanol–water partition coefficient (Wildman–Crippen LogP) is 3.28. The monoisotopic (exact) mass is 274 g/mol. The molecule has 20 heavy (non-hydrogen) atoms. The van der Waals surface area contributed by atoms with Gasteiger partial charge in [-0.3, -0.25) is 4.79 Å². The van der Waals surface area contributed by atoms with Crippen molar-refractivity contribution >= 4 is 11.6 Å². The summed E-state index contributed by atoms with van der Waals surface area (Å²) in [5, 5.41) is 6.29. The van der Waals surface area contributed by atoms with Crippen LogP contribution in [0.4, 0.5) is 5.69 Å². The van der Waals surface area contributed by atoms with E-state index in [9.17, 15) is 4.79 Å². The molecule has 1 aliphatic carbocycles. The minimum atomic E-state index is -0.184. The van der Waals surface area contributed by atoms with E-state index in [0.717, 1.165) is 18.7 Å². The maximum Gasteiger partial charge on any atom is 0.242 e. The second-order valence-corrected chi connectivity index (χ2v) is 5.70. The molecule has 0 heterocycles. The molecule has 0 aromatic heterocycles. The van der Waals surface area contributed by atoms with Gasteiger partial charge >= 0.3 is 0 Å². The van der Waals surface area contributed by atoms with Gasteiger partial charge in [-0.15, -0.1) is 0 Å². The van der Waals surface area contributed by atoms with Gasteiger partial charge in [0.15, 0.2) is 0 Å². The Bertz CT molecular complexity index is 456. The Morgan fingerprint density at radius 1 is 1.25 bits per heavy atom. The number of anilines is 1. The van der Waals surface area contributed by atoms with Crippen molar-refractivity contribution in [1.82, 2.24) is 5.32 Å².